The molecule has 3 aromatic rings. The Labute approximate surface area is 163 Å². The third-order valence-electron chi connectivity index (χ3n) is 4.34. The minimum absolute atomic E-state index is 0.300. The molecule has 0 saturated carbocycles. The van der Waals surface area contributed by atoms with E-state index in [-0.39, 0.29) is 5.91 Å². The van der Waals surface area contributed by atoms with Crippen LogP contribution in [0.25, 0.3) is 11.5 Å². The summed E-state index contributed by atoms with van der Waals surface area (Å²) < 4.78 is 21.6. The number of benzene rings is 2. The number of methoxy groups -OCH3 is 3. The molecule has 7 nitrogen and oxygen atoms in total. The van der Waals surface area contributed by atoms with Crippen LogP contribution in [-0.2, 0) is 0 Å². The van der Waals surface area contributed by atoms with E-state index in [2.05, 4.69) is 10.3 Å². The molecule has 0 unspecified atom stereocenters. The molecule has 0 radical (unpaired) electrons. The Hall–Kier alpha value is -3.48. The van der Waals surface area contributed by atoms with E-state index < -0.39 is 0 Å². The van der Waals surface area contributed by atoms with E-state index in [1.807, 2.05) is 26.0 Å². The minimum Gasteiger partial charge on any atom is -0.493 e. The zero-order valence-electron chi connectivity index (χ0n) is 16.5. The molecule has 2 aromatic carbocycles. The first kappa shape index (κ1) is 19.3. The number of amides is 1. The number of nitrogens with zero attached hydrogens (tertiary/aromatic N) is 1. The summed E-state index contributed by atoms with van der Waals surface area (Å²) in [7, 11) is 4.49. The fourth-order valence-electron chi connectivity index (χ4n) is 2.80. The van der Waals surface area contributed by atoms with Gasteiger partial charge in [-0.25, -0.2) is 4.98 Å². The molecule has 1 aromatic heterocycles. The molecule has 3 rings (SSSR count). The SMILES string of the molecule is COc1ccc(C(=O)Nc2cccc(-c3nc(C)c(C)o3)c2)c(OC)c1OC. The maximum Gasteiger partial charge on any atom is 0.259 e. The molecule has 0 aliphatic carbocycles. The second-order valence-electron chi connectivity index (χ2n) is 6.08. The number of anilines is 1. The third-order valence-corrected chi connectivity index (χ3v) is 4.34. The van der Waals surface area contributed by atoms with Gasteiger partial charge in [-0.3, -0.25) is 4.79 Å². The number of aryl methyl sites for hydroxylation is 2. The van der Waals surface area contributed by atoms with E-state index >= 15 is 0 Å². The van der Waals surface area contributed by atoms with Crippen molar-refractivity contribution in [1.82, 2.24) is 4.98 Å². The molecule has 0 spiro atoms. The number of aromatic nitrogens is 1. The van der Waals surface area contributed by atoms with Crippen LogP contribution in [0.3, 0.4) is 0 Å². The van der Waals surface area contributed by atoms with Crippen LogP contribution in [-0.4, -0.2) is 32.2 Å². The average Bonchev–Trinajstić information content (AvgIpc) is 3.05. The summed E-state index contributed by atoms with van der Waals surface area (Å²) in [6.07, 6.45) is 0. The van der Waals surface area contributed by atoms with Crippen molar-refractivity contribution in [2.75, 3.05) is 26.6 Å². The highest BCUT2D eigenvalue weighted by atomic mass is 16.5. The van der Waals surface area contributed by atoms with Crippen LogP contribution >= 0.6 is 0 Å². The maximum absolute atomic E-state index is 12.8. The Morgan fingerprint density at radius 1 is 1.00 bits per heavy atom. The van der Waals surface area contributed by atoms with Gasteiger partial charge in [0.15, 0.2) is 11.5 Å². The van der Waals surface area contributed by atoms with Gasteiger partial charge in [0.25, 0.3) is 5.91 Å². The molecular weight excluding hydrogens is 360 g/mol. The monoisotopic (exact) mass is 382 g/mol. The number of carbonyl (C=O) groups is 1. The van der Waals surface area contributed by atoms with Gasteiger partial charge >= 0.3 is 0 Å². The van der Waals surface area contributed by atoms with Gasteiger partial charge in [0.05, 0.1) is 32.6 Å². The van der Waals surface area contributed by atoms with Crippen molar-refractivity contribution in [3.63, 3.8) is 0 Å². The zero-order chi connectivity index (χ0) is 20.3. The summed E-state index contributed by atoms with van der Waals surface area (Å²) in [5, 5.41) is 2.87. The molecule has 0 aliphatic heterocycles. The summed E-state index contributed by atoms with van der Waals surface area (Å²) in [6, 6.07) is 10.6. The van der Waals surface area contributed by atoms with Gasteiger partial charge in [-0.15, -0.1) is 0 Å². The smallest absolute Gasteiger partial charge is 0.259 e. The zero-order valence-corrected chi connectivity index (χ0v) is 16.5. The summed E-state index contributed by atoms with van der Waals surface area (Å²) in [5.41, 5.74) is 2.54. The average molecular weight is 382 g/mol. The van der Waals surface area contributed by atoms with Gasteiger partial charge in [0.1, 0.15) is 5.76 Å². The van der Waals surface area contributed by atoms with E-state index in [0.717, 1.165) is 17.0 Å². The molecule has 0 bridgehead atoms. The number of oxazole rings is 1. The lowest BCUT2D eigenvalue weighted by Gasteiger charge is -2.15. The lowest BCUT2D eigenvalue weighted by molar-refractivity contribution is 0.102. The first-order chi connectivity index (χ1) is 13.5. The van der Waals surface area contributed by atoms with Crippen LogP contribution < -0.4 is 19.5 Å². The number of rotatable bonds is 6. The summed E-state index contributed by atoms with van der Waals surface area (Å²) in [4.78, 5) is 17.2. The van der Waals surface area contributed by atoms with E-state index in [4.69, 9.17) is 18.6 Å². The standard InChI is InChI=1S/C21H22N2O5/c1-12-13(2)28-21(22-12)14-7-6-8-15(11-14)23-20(24)16-9-10-17(25-3)19(27-5)18(16)26-4/h6-11H,1-5H3,(H,23,24). The topological polar surface area (TPSA) is 82.8 Å². The highest BCUT2D eigenvalue weighted by Gasteiger charge is 2.21. The van der Waals surface area contributed by atoms with Crippen molar-refractivity contribution in [1.29, 1.82) is 0 Å². The Morgan fingerprint density at radius 2 is 1.75 bits per heavy atom. The van der Waals surface area contributed by atoms with E-state index in [0.29, 0.717) is 34.4 Å². The van der Waals surface area contributed by atoms with Crippen molar-refractivity contribution in [3.05, 3.63) is 53.4 Å². The second kappa shape index (κ2) is 8.04. The molecular formula is C21H22N2O5. The second-order valence-corrected chi connectivity index (χ2v) is 6.08. The van der Waals surface area contributed by atoms with Crippen LogP contribution in [0.2, 0.25) is 0 Å². The van der Waals surface area contributed by atoms with Crippen LogP contribution in [0.4, 0.5) is 5.69 Å². The molecule has 1 amide bonds. The van der Waals surface area contributed by atoms with Gasteiger partial charge < -0.3 is 23.9 Å². The lowest BCUT2D eigenvalue weighted by atomic mass is 10.1. The van der Waals surface area contributed by atoms with Crippen molar-refractivity contribution in [2.45, 2.75) is 13.8 Å². The molecule has 28 heavy (non-hydrogen) atoms. The highest BCUT2D eigenvalue weighted by molar-refractivity contribution is 6.07. The Kier molecular flexibility index (Phi) is 5.54. The summed E-state index contributed by atoms with van der Waals surface area (Å²) in [5.74, 6) is 2.07. The van der Waals surface area contributed by atoms with Crippen molar-refractivity contribution in [3.8, 4) is 28.7 Å². The Bertz CT molecular complexity index is 991. The van der Waals surface area contributed by atoms with Crippen LogP contribution in [0, 0.1) is 13.8 Å². The number of nitrogens with one attached hydrogen (secondary N) is 1. The molecule has 0 fully saturated rings. The quantitative estimate of drug-likeness (QED) is 0.687. The third kappa shape index (κ3) is 3.64. The number of hydrogen-bond donors (Lipinski definition) is 1. The minimum atomic E-state index is -0.338. The first-order valence-corrected chi connectivity index (χ1v) is 8.63. The van der Waals surface area contributed by atoms with E-state index in [1.165, 1.54) is 21.3 Å². The number of ether oxygens (including phenoxy) is 3. The predicted octanol–water partition coefficient (Wildman–Crippen LogP) is 4.24. The molecule has 1 heterocycles. The van der Waals surface area contributed by atoms with Crippen LogP contribution in [0.1, 0.15) is 21.8 Å². The summed E-state index contributed by atoms with van der Waals surface area (Å²) >= 11 is 0. The van der Waals surface area contributed by atoms with Crippen LogP contribution in [0.15, 0.2) is 40.8 Å². The normalized spacial score (nSPS) is 10.5. The molecule has 0 atom stereocenters. The number of hydrogen-bond acceptors (Lipinski definition) is 6. The maximum atomic E-state index is 12.8. The molecule has 146 valence electrons. The van der Waals surface area contributed by atoms with Gasteiger partial charge in [0, 0.05) is 11.3 Å². The van der Waals surface area contributed by atoms with E-state index in [9.17, 15) is 4.79 Å². The predicted molar refractivity (Wildman–Crippen MR) is 105 cm³/mol. The van der Waals surface area contributed by atoms with Crippen LogP contribution in [0.5, 0.6) is 17.2 Å². The highest BCUT2D eigenvalue weighted by Crippen LogP contribution is 2.40. The summed E-state index contributed by atoms with van der Waals surface area (Å²) in [6.45, 7) is 3.75. The molecule has 0 saturated heterocycles. The van der Waals surface area contributed by atoms with E-state index in [1.54, 1.807) is 24.3 Å². The van der Waals surface area contributed by atoms with Gasteiger partial charge in [0.2, 0.25) is 11.6 Å². The lowest BCUT2D eigenvalue weighted by Crippen LogP contribution is -2.14. The van der Waals surface area contributed by atoms with Gasteiger partial charge in [-0.1, -0.05) is 6.07 Å². The molecule has 7 heteroatoms. The van der Waals surface area contributed by atoms with Crippen molar-refractivity contribution < 1.29 is 23.4 Å². The fourth-order valence-corrected chi connectivity index (χ4v) is 2.80. The largest absolute Gasteiger partial charge is 0.493 e. The van der Waals surface area contributed by atoms with Gasteiger partial charge in [-0.2, -0.15) is 0 Å². The fraction of sp³-hybridized carbons (Fsp3) is 0.238. The number of carbonyl (C=O) groups excluding carboxylic acids is 1. The molecule has 0 aliphatic rings. The van der Waals surface area contributed by atoms with Crippen molar-refractivity contribution >= 4 is 11.6 Å². The Balaban J connectivity index is 1.90. The van der Waals surface area contributed by atoms with Gasteiger partial charge in [-0.05, 0) is 44.2 Å². The molecule has 1 N–H and O–H groups in total. The first-order valence-electron chi connectivity index (χ1n) is 8.63. The Morgan fingerprint density at radius 3 is 2.36 bits per heavy atom. The van der Waals surface area contributed by atoms with Crippen molar-refractivity contribution in [2.24, 2.45) is 0 Å².